The number of aromatic nitrogens is 1. The molecule has 0 aliphatic heterocycles. The number of H-pyrrole nitrogens is 1. The molecule has 0 bridgehead atoms. The van der Waals surface area contributed by atoms with Crippen LogP contribution in [0, 0.1) is 19.7 Å². The number of pyridine rings is 1. The molecule has 0 atom stereocenters. The predicted molar refractivity (Wildman–Crippen MR) is 54.0 cm³/mol. The zero-order valence-electron chi connectivity index (χ0n) is 8.02. The molecule has 0 saturated carbocycles. The zero-order chi connectivity index (χ0) is 10.3. The van der Waals surface area contributed by atoms with E-state index >= 15 is 0 Å². The maximum atomic E-state index is 13.2. The molecule has 1 N–H and O–H groups in total. The van der Waals surface area contributed by atoms with Crippen molar-refractivity contribution in [3.63, 3.8) is 0 Å². The quantitative estimate of drug-likeness (QED) is 0.680. The van der Waals surface area contributed by atoms with E-state index in [1.807, 2.05) is 0 Å². The predicted octanol–water partition coefficient (Wildman–Crippen LogP) is 2.28. The lowest BCUT2D eigenvalue weighted by Crippen LogP contribution is -2.03. The van der Waals surface area contributed by atoms with Gasteiger partial charge < -0.3 is 4.98 Å². The first-order valence-corrected chi connectivity index (χ1v) is 4.38. The van der Waals surface area contributed by atoms with Crippen LogP contribution in [0.5, 0.6) is 0 Å². The molecule has 72 valence electrons. The maximum Gasteiger partial charge on any atom is 0.189 e. The van der Waals surface area contributed by atoms with E-state index in [4.69, 9.17) is 0 Å². The van der Waals surface area contributed by atoms with E-state index in [1.165, 1.54) is 12.1 Å². The van der Waals surface area contributed by atoms with Gasteiger partial charge in [0, 0.05) is 17.1 Å². The molecule has 3 heteroatoms. The van der Waals surface area contributed by atoms with Crippen LogP contribution in [-0.4, -0.2) is 4.98 Å². The molecule has 1 aromatic heterocycles. The molecule has 1 heterocycles. The highest BCUT2D eigenvalue weighted by molar-refractivity contribution is 5.79. The summed E-state index contributed by atoms with van der Waals surface area (Å²) in [6, 6.07) is 4.45. The third-order valence-electron chi connectivity index (χ3n) is 2.24. The SMILES string of the molecule is Cc1cc(=O)c2cc(C)c(F)cc2[nH]1. The van der Waals surface area contributed by atoms with E-state index in [0.29, 0.717) is 16.5 Å². The van der Waals surface area contributed by atoms with Gasteiger partial charge in [-0.25, -0.2) is 4.39 Å². The Balaban J connectivity index is 2.96. The van der Waals surface area contributed by atoms with E-state index in [2.05, 4.69) is 4.98 Å². The van der Waals surface area contributed by atoms with Gasteiger partial charge in [0.1, 0.15) is 5.82 Å². The molecular weight excluding hydrogens is 181 g/mol. The van der Waals surface area contributed by atoms with Gasteiger partial charge in [-0.05, 0) is 31.5 Å². The number of fused-ring (bicyclic) bond motifs is 1. The van der Waals surface area contributed by atoms with Crippen LogP contribution in [0.3, 0.4) is 0 Å². The minimum absolute atomic E-state index is 0.0700. The van der Waals surface area contributed by atoms with E-state index in [0.717, 1.165) is 5.69 Å². The van der Waals surface area contributed by atoms with Gasteiger partial charge in [0.2, 0.25) is 0 Å². The van der Waals surface area contributed by atoms with Crippen LogP contribution >= 0.6 is 0 Å². The molecule has 0 radical (unpaired) electrons. The van der Waals surface area contributed by atoms with Crippen LogP contribution in [0.15, 0.2) is 23.0 Å². The lowest BCUT2D eigenvalue weighted by molar-refractivity contribution is 0.620. The smallest absolute Gasteiger partial charge is 0.189 e. The third kappa shape index (κ3) is 1.31. The van der Waals surface area contributed by atoms with Crippen molar-refractivity contribution in [2.24, 2.45) is 0 Å². The van der Waals surface area contributed by atoms with E-state index in [-0.39, 0.29) is 11.2 Å². The van der Waals surface area contributed by atoms with Crippen LogP contribution in [0.2, 0.25) is 0 Å². The van der Waals surface area contributed by atoms with Crippen molar-refractivity contribution < 1.29 is 4.39 Å². The molecule has 0 saturated heterocycles. The highest BCUT2D eigenvalue weighted by Gasteiger charge is 2.04. The van der Waals surface area contributed by atoms with Gasteiger partial charge in [-0.15, -0.1) is 0 Å². The first-order chi connectivity index (χ1) is 6.58. The van der Waals surface area contributed by atoms with Gasteiger partial charge in [-0.1, -0.05) is 0 Å². The lowest BCUT2D eigenvalue weighted by atomic mass is 10.1. The molecule has 14 heavy (non-hydrogen) atoms. The van der Waals surface area contributed by atoms with E-state index < -0.39 is 0 Å². The van der Waals surface area contributed by atoms with E-state index in [9.17, 15) is 9.18 Å². The van der Waals surface area contributed by atoms with Gasteiger partial charge in [-0.2, -0.15) is 0 Å². The average Bonchev–Trinajstić information content (AvgIpc) is 2.08. The zero-order valence-corrected chi connectivity index (χ0v) is 8.02. The number of hydrogen-bond donors (Lipinski definition) is 1. The van der Waals surface area contributed by atoms with Gasteiger partial charge in [0.25, 0.3) is 0 Å². The Morgan fingerprint density at radius 3 is 2.64 bits per heavy atom. The summed E-state index contributed by atoms with van der Waals surface area (Å²) in [5.74, 6) is -0.293. The number of benzene rings is 1. The summed E-state index contributed by atoms with van der Waals surface area (Å²) in [7, 11) is 0. The van der Waals surface area contributed by atoms with Crippen molar-refractivity contribution in [2.75, 3.05) is 0 Å². The average molecular weight is 191 g/mol. The molecule has 0 amide bonds. The highest BCUT2D eigenvalue weighted by Crippen LogP contribution is 2.14. The second kappa shape index (κ2) is 2.94. The molecule has 0 unspecified atom stereocenters. The minimum atomic E-state index is -0.293. The van der Waals surface area contributed by atoms with Crippen molar-refractivity contribution in [3.8, 4) is 0 Å². The monoisotopic (exact) mass is 191 g/mol. The largest absolute Gasteiger partial charge is 0.358 e. The second-order valence-corrected chi connectivity index (χ2v) is 3.46. The number of halogens is 1. The minimum Gasteiger partial charge on any atom is -0.358 e. The Morgan fingerprint density at radius 2 is 1.93 bits per heavy atom. The topological polar surface area (TPSA) is 32.9 Å². The number of aryl methyl sites for hydroxylation is 2. The third-order valence-corrected chi connectivity index (χ3v) is 2.24. The van der Waals surface area contributed by atoms with Crippen molar-refractivity contribution in [3.05, 3.63) is 45.5 Å². The standard InChI is InChI=1S/C11H10FNO/c1-6-3-8-10(5-9(6)12)13-7(2)4-11(8)14/h3-5H,1-2H3,(H,13,14). The van der Waals surface area contributed by atoms with Crippen molar-refractivity contribution in [1.82, 2.24) is 4.98 Å². The Bertz CT molecular complexity index is 557. The van der Waals surface area contributed by atoms with Gasteiger partial charge in [0.05, 0.1) is 5.52 Å². The van der Waals surface area contributed by atoms with Crippen molar-refractivity contribution in [1.29, 1.82) is 0 Å². The fourth-order valence-corrected chi connectivity index (χ4v) is 1.51. The fourth-order valence-electron chi connectivity index (χ4n) is 1.51. The normalized spacial score (nSPS) is 10.8. The molecule has 2 nitrogen and oxygen atoms in total. The van der Waals surface area contributed by atoms with E-state index in [1.54, 1.807) is 19.9 Å². The molecule has 2 aromatic rings. The molecule has 1 aromatic carbocycles. The lowest BCUT2D eigenvalue weighted by Gasteiger charge is -2.02. The molecule has 2 rings (SSSR count). The number of nitrogens with one attached hydrogen (secondary N) is 1. The second-order valence-electron chi connectivity index (χ2n) is 3.46. The maximum absolute atomic E-state index is 13.2. The van der Waals surface area contributed by atoms with Crippen molar-refractivity contribution >= 4 is 10.9 Å². The highest BCUT2D eigenvalue weighted by atomic mass is 19.1. The number of aromatic amines is 1. The summed E-state index contributed by atoms with van der Waals surface area (Å²) in [6.07, 6.45) is 0. The van der Waals surface area contributed by atoms with Gasteiger partial charge >= 0.3 is 0 Å². The number of hydrogen-bond acceptors (Lipinski definition) is 1. The molecular formula is C11H10FNO. The fraction of sp³-hybridized carbons (Fsp3) is 0.182. The summed E-state index contributed by atoms with van der Waals surface area (Å²) in [6.45, 7) is 3.42. The Labute approximate surface area is 80.4 Å². The summed E-state index contributed by atoms with van der Waals surface area (Å²) in [5.41, 5.74) is 1.72. The molecule has 0 fully saturated rings. The molecule has 0 spiro atoms. The summed E-state index contributed by atoms with van der Waals surface area (Å²) in [5, 5.41) is 0.537. The first-order valence-electron chi connectivity index (χ1n) is 4.38. The summed E-state index contributed by atoms with van der Waals surface area (Å²) < 4.78 is 13.2. The van der Waals surface area contributed by atoms with Crippen LogP contribution in [-0.2, 0) is 0 Å². The summed E-state index contributed by atoms with van der Waals surface area (Å²) in [4.78, 5) is 14.5. The Kier molecular flexibility index (Phi) is 1.88. The van der Waals surface area contributed by atoms with Gasteiger partial charge in [0.15, 0.2) is 5.43 Å². The van der Waals surface area contributed by atoms with Crippen LogP contribution < -0.4 is 5.43 Å². The van der Waals surface area contributed by atoms with Crippen LogP contribution in [0.4, 0.5) is 4.39 Å². The van der Waals surface area contributed by atoms with Gasteiger partial charge in [-0.3, -0.25) is 4.79 Å². The molecule has 0 aliphatic rings. The van der Waals surface area contributed by atoms with Crippen LogP contribution in [0.1, 0.15) is 11.3 Å². The Hall–Kier alpha value is -1.64. The summed E-state index contributed by atoms with van der Waals surface area (Å²) >= 11 is 0. The van der Waals surface area contributed by atoms with Crippen molar-refractivity contribution in [2.45, 2.75) is 13.8 Å². The number of rotatable bonds is 0. The first kappa shape index (κ1) is 8.94. The molecule has 0 aliphatic carbocycles. The van der Waals surface area contributed by atoms with Crippen LogP contribution in [0.25, 0.3) is 10.9 Å². The Morgan fingerprint density at radius 1 is 1.21 bits per heavy atom.